The van der Waals surface area contributed by atoms with Crippen LogP contribution in [0.1, 0.15) is 12.5 Å². The summed E-state index contributed by atoms with van der Waals surface area (Å²) in [5.41, 5.74) is 6.60. The second-order valence-electron chi connectivity index (χ2n) is 3.82. The molecular weight excluding hydrogens is 188 g/mol. The summed E-state index contributed by atoms with van der Waals surface area (Å²) in [6, 6.07) is 5.96. The van der Waals surface area contributed by atoms with Crippen LogP contribution in [-0.2, 0) is 6.54 Å². The quantitative estimate of drug-likeness (QED) is 0.801. The van der Waals surface area contributed by atoms with E-state index in [2.05, 4.69) is 16.0 Å². The van der Waals surface area contributed by atoms with Gasteiger partial charge in [-0.3, -0.25) is 0 Å². The maximum atomic E-state index is 8.68. The van der Waals surface area contributed by atoms with Gasteiger partial charge in [-0.1, -0.05) is 6.07 Å². The van der Waals surface area contributed by atoms with Gasteiger partial charge in [-0.05, 0) is 25.6 Å². The molecule has 1 atom stereocenters. The fourth-order valence-corrected chi connectivity index (χ4v) is 1.41. The van der Waals surface area contributed by atoms with E-state index in [0.717, 1.165) is 18.7 Å². The zero-order valence-electron chi connectivity index (χ0n) is 9.14. The van der Waals surface area contributed by atoms with Crippen molar-refractivity contribution in [1.82, 2.24) is 9.88 Å². The SMILES string of the molecule is CC(C#N)CN(C)Cc1ccc(N)nc1. The average Bonchev–Trinajstić information content (AvgIpc) is 2.21. The Morgan fingerprint density at radius 2 is 2.33 bits per heavy atom. The van der Waals surface area contributed by atoms with Gasteiger partial charge in [0.25, 0.3) is 0 Å². The fourth-order valence-electron chi connectivity index (χ4n) is 1.41. The van der Waals surface area contributed by atoms with Crippen LogP contribution in [0.25, 0.3) is 0 Å². The number of anilines is 1. The summed E-state index contributed by atoms with van der Waals surface area (Å²) in [5, 5.41) is 8.68. The van der Waals surface area contributed by atoms with Crippen molar-refractivity contribution >= 4 is 5.82 Å². The van der Waals surface area contributed by atoms with Crippen molar-refractivity contribution in [2.45, 2.75) is 13.5 Å². The minimum Gasteiger partial charge on any atom is -0.384 e. The summed E-state index contributed by atoms with van der Waals surface area (Å²) in [4.78, 5) is 6.12. The summed E-state index contributed by atoms with van der Waals surface area (Å²) < 4.78 is 0. The van der Waals surface area contributed by atoms with Crippen LogP contribution in [0.2, 0.25) is 0 Å². The number of rotatable bonds is 4. The first kappa shape index (κ1) is 11.5. The van der Waals surface area contributed by atoms with Crippen molar-refractivity contribution in [3.8, 4) is 6.07 Å². The molecule has 1 rings (SSSR count). The number of hydrogen-bond donors (Lipinski definition) is 1. The molecule has 0 saturated heterocycles. The first-order valence-corrected chi connectivity index (χ1v) is 4.90. The molecule has 0 aliphatic heterocycles. The monoisotopic (exact) mass is 204 g/mol. The van der Waals surface area contributed by atoms with Crippen LogP contribution >= 0.6 is 0 Å². The predicted octanol–water partition coefficient (Wildman–Crippen LogP) is 1.26. The molecule has 1 aromatic rings. The standard InChI is InChI=1S/C11H16N4/c1-9(5-12)7-15(2)8-10-3-4-11(13)14-6-10/h3-4,6,9H,7-8H2,1-2H3,(H2,13,14). The molecule has 15 heavy (non-hydrogen) atoms. The average molecular weight is 204 g/mol. The van der Waals surface area contributed by atoms with E-state index >= 15 is 0 Å². The first-order chi connectivity index (χ1) is 7.11. The number of nitriles is 1. The Hall–Kier alpha value is -1.60. The molecule has 0 spiro atoms. The molecule has 0 aliphatic rings. The maximum Gasteiger partial charge on any atom is 0.123 e. The second kappa shape index (κ2) is 5.32. The topological polar surface area (TPSA) is 65.9 Å². The molecule has 4 nitrogen and oxygen atoms in total. The maximum absolute atomic E-state index is 8.68. The summed E-state index contributed by atoms with van der Waals surface area (Å²) in [6.07, 6.45) is 1.77. The van der Waals surface area contributed by atoms with Gasteiger partial charge in [0.05, 0.1) is 12.0 Å². The molecule has 0 bridgehead atoms. The Morgan fingerprint density at radius 3 is 2.87 bits per heavy atom. The van der Waals surface area contributed by atoms with Gasteiger partial charge in [0.1, 0.15) is 5.82 Å². The van der Waals surface area contributed by atoms with E-state index in [1.165, 1.54) is 0 Å². The van der Waals surface area contributed by atoms with Crippen LogP contribution < -0.4 is 5.73 Å². The molecule has 1 unspecified atom stereocenters. The van der Waals surface area contributed by atoms with Crippen LogP contribution in [0.15, 0.2) is 18.3 Å². The second-order valence-corrected chi connectivity index (χ2v) is 3.82. The molecule has 1 aromatic heterocycles. The lowest BCUT2D eigenvalue weighted by atomic mass is 10.2. The number of hydrogen-bond acceptors (Lipinski definition) is 4. The van der Waals surface area contributed by atoms with Crippen molar-refractivity contribution in [2.75, 3.05) is 19.3 Å². The van der Waals surface area contributed by atoms with Crippen LogP contribution in [0.3, 0.4) is 0 Å². The molecular formula is C11H16N4. The molecule has 0 amide bonds. The third-order valence-electron chi connectivity index (χ3n) is 2.11. The molecule has 0 aliphatic carbocycles. The Balaban J connectivity index is 2.48. The van der Waals surface area contributed by atoms with Gasteiger partial charge < -0.3 is 10.6 Å². The molecule has 4 heteroatoms. The van der Waals surface area contributed by atoms with Crippen molar-refractivity contribution in [2.24, 2.45) is 5.92 Å². The molecule has 80 valence electrons. The number of pyridine rings is 1. The number of aromatic nitrogens is 1. The largest absolute Gasteiger partial charge is 0.384 e. The van der Waals surface area contributed by atoms with Crippen LogP contribution in [0.4, 0.5) is 5.82 Å². The van der Waals surface area contributed by atoms with Gasteiger partial charge in [-0.25, -0.2) is 4.98 Å². The van der Waals surface area contributed by atoms with Gasteiger partial charge in [0.15, 0.2) is 0 Å². The van der Waals surface area contributed by atoms with E-state index in [0.29, 0.717) is 5.82 Å². The molecule has 0 radical (unpaired) electrons. The van der Waals surface area contributed by atoms with Gasteiger partial charge >= 0.3 is 0 Å². The summed E-state index contributed by atoms with van der Waals surface area (Å²) in [6.45, 7) is 3.47. The summed E-state index contributed by atoms with van der Waals surface area (Å²) in [7, 11) is 1.99. The minimum atomic E-state index is 0.0525. The lowest BCUT2D eigenvalue weighted by Gasteiger charge is -2.17. The smallest absolute Gasteiger partial charge is 0.123 e. The Kier molecular flexibility index (Phi) is 4.07. The lowest BCUT2D eigenvalue weighted by molar-refractivity contribution is 0.303. The van der Waals surface area contributed by atoms with E-state index in [1.54, 1.807) is 12.3 Å². The molecule has 0 aromatic carbocycles. The van der Waals surface area contributed by atoms with Crippen molar-refractivity contribution in [3.05, 3.63) is 23.9 Å². The van der Waals surface area contributed by atoms with E-state index in [-0.39, 0.29) is 5.92 Å². The number of nitrogen functional groups attached to an aromatic ring is 1. The van der Waals surface area contributed by atoms with Crippen LogP contribution in [0.5, 0.6) is 0 Å². The molecule has 0 saturated carbocycles. The van der Waals surface area contributed by atoms with Gasteiger partial charge in [0, 0.05) is 19.3 Å². The Morgan fingerprint density at radius 1 is 1.60 bits per heavy atom. The van der Waals surface area contributed by atoms with Crippen molar-refractivity contribution in [1.29, 1.82) is 5.26 Å². The van der Waals surface area contributed by atoms with E-state index in [1.807, 2.05) is 20.0 Å². The summed E-state index contributed by atoms with van der Waals surface area (Å²) >= 11 is 0. The summed E-state index contributed by atoms with van der Waals surface area (Å²) in [5.74, 6) is 0.587. The molecule has 1 heterocycles. The highest BCUT2D eigenvalue weighted by molar-refractivity contribution is 5.29. The van der Waals surface area contributed by atoms with Crippen LogP contribution in [0, 0.1) is 17.2 Å². The molecule has 0 fully saturated rings. The van der Waals surface area contributed by atoms with E-state index < -0.39 is 0 Å². The highest BCUT2D eigenvalue weighted by Gasteiger charge is 2.05. The minimum absolute atomic E-state index is 0.0525. The Labute approximate surface area is 90.3 Å². The Bertz CT molecular complexity index is 339. The highest BCUT2D eigenvalue weighted by atomic mass is 15.1. The normalized spacial score (nSPS) is 12.4. The number of nitrogens with zero attached hydrogens (tertiary/aromatic N) is 3. The van der Waals surface area contributed by atoms with Gasteiger partial charge in [-0.15, -0.1) is 0 Å². The van der Waals surface area contributed by atoms with Crippen LogP contribution in [-0.4, -0.2) is 23.5 Å². The third-order valence-corrected chi connectivity index (χ3v) is 2.11. The number of nitrogens with two attached hydrogens (primary N) is 1. The zero-order chi connectivity index (χ0) is 11.3. The fraction of sp³-hybridized carbons (Fsp3) is 0.455. The predicted molar refractivity (Wildman–Crippen MR) is 59.8 cm³/mol. The van der Waals surface area contributed by atoms with E-state index in [4.69, 9.17) is 11.0 Å². The van der Waals surface area contributed by atoms with E-state index in [9.17, 15) is 0 Å². The highest BCUT2D eigenvalue weighted by Crippen LogP contribution is 2.05. The van der Waals surface area contributed by atoms with Gasteiger partial charge in [-0.2, -0.15) is 5.26 Å². The van der Waals surface area contributed by atoms with Crippen molar-refractivity contribution in [3.63, 3.8) is 0 Å². The zero-order valence-corrected chi connectivity index (χ0v) is 9.14. The first-order valence-electron chi connectivity index (χ1n) is 4.90. The van der Waals surface area contributed by atoms with Gasteiger partial charge in [0.2, 0.25) is 0 Å². The molecule has 2 N–H and O–H groups in total. The van der Waals surface area contributed by atoms with Crippen molar-refractivity contribution < 1.29 is 0 Å². The third kappa shape index (κ3) is 3.96. The lowest BCUT2D eigenvalue weighted by Crippen LogP contribution is -2.23.